The van der Waals surface area contributed by atoms with Gasteiger partial charge in [0, 0.05) is 37.9 Å². The van der Waals surface area contributed by atoms with Crippen molar-refractivity contribution in [1.82, 2.24) is 4.90 Å². The van der Waals surface area contributed by atoms with E-state index in [2.05, 4.69) is 4.90 Å². The molecule has 26 heavy (non-hydrogen) atoms. The number of anilines is 1. The molecule has 0 spiro atoms. The van der Waals surface area contributed by atoms with E-state index < -0.39 is 18.2 Å². The van der Waals surface area contributed by atoms with Crippen LogP contribution >= 0.6 is 0 Å². The number of amides is 1. The Morgan fingerprint density at radius 1 is 1.08 bits per heavy atom. The maximum absolute atomic E-state index is 11.6. The molecular formula is C15H19KN2O8. The van der Waals surface area contributed by atoms with Gasteiger partial charge >= 0.3 is 63.4 Å². The summed E-state index contributed by atoms with van der Waals surface area (Å²) in [6.07, 6.45) is -2.98. The maximum Gasteiger partial charge on any atom is 1.00 e. The summed E-state index contributed by atoms with van der Waals surface area (Å²) in [6, 6.07) is 5.23. The Hall–Kier alpha value is -1.53. The van der Waals surface area contributed by atoms with Crippen LogP contribution in [0.25, 0.3) is 0 Å². The number of carboxylic acid groups (broad SMARTS) is 3. The molecule has 1 fully saturated rings. The van der Waals surface area contributed by atoms with Crippen LogP contribution < -0.4 is 66.1 Å². The zero-order valence-corrected chi connectivity index (χ0v) is 17.9. The third-order valence-electron chi connectivity index (χ3n) is 3.51. The number of hydrogen-bond donors (Lipinski definition) is 2. The Bertz CT molecular complexity index is 628. The van der Waals surface area contributed by atoms with Gasteiger partial charge in [0.2, 0.25) is 6.16 Å². The van der Waals surface area contributed by atoms with Crippen molar-refractivity contribution in [2.45, 2.75) is 0 Å². The van der Waals surface area contributed by atoms with Crippen molar-refractivity contribution in [1.29, 1.82) is 0 Å². The van der Waals surface area contributed by atoms with Crippen molar-refractivity contribution in [3.63, 3.8) is 0 Å². The molecule has 138 valence electrons. The van der Waals surface area contributed by atoms with Crippen LogP contribution in [-0.2, 0) is 4.74 Å². The van der Waals surface area contributed by atoms with E-state index in [0.29, 0.717) is 37.5 Å². The van der Waals surface area contributed by atoms with Gasteiger partial charge in [-0.2, -0.15) is 0 Å². The molecule has 2 N–H and O–H groups in total. The van der Waals surface area contributed by atoms with Crippen molar-refractivity contribution in [3.05, 3.63) is 23.8 Å². The Morgan fingerprint density at radius 3 is 2.04 bits per heavy atom. The van der Waals surface area contributed by atoms with Crippen molar-refractivity contribution < 1.29 is 90.6 Å². The molecule has 1 heterocycles. The summed E-state index contributed by atoms with van der Waals surface area (Å²) in [5.41, 5.74) is 1.26. The van der Waals surface area contributed by atoms with Crippen LogP contribution in [0.1, 0.15) is 10.4 Å². The normalized spacial score (nSPS) is 12.8. The van der Waals surface area contributed by atoms with Gasteiger partial charge in [-0.1, -0.05) is 0 Å². The number of piperazine rings is 1. The molecule has 2 rings (SSSR count). The molecule has 0 aromatic heterocycles. The number of carbonyl (C=O) groups is 3. The maximum atomic E-state index is 11.6. The minimum absolute atomic E-state index is 0. The molecule has 1 aliphatic heterocycles. The zero-order chi connectivity index (χ0) is 19.0. The summed E-state index contributed by atoms with van der Waals surface area (Å²) in [6.45, 7) is 2.12. The Labute approximate surface area is 192 Å². The van der Waals surface area contributed by atoms with E-state index in [4.69, 9.17) is 29.6 Å². The van der Waals surface area contributed by atoms with Crippen LogP contribution in [-0.4, -0.2) is 73.7 Å². The zero-order valence-electron chi connectivity index (χ0n) is 14.8. The molecule has 1 amide bonds. The van der Waals surface area contributed by atoms with Gasteiger partial charge in [-0.05, 0) is 12.1 Å². The molecule has 0 atom stereocenters. The summed E-state index contributed by atoms with van der Waals surface area (Å²) in [7, 11) is 2.81. The first kappa shape index (κ1) is 24.5. The number of rotatable bonds is 3. The van der Waals surface area contributed by atoms with E-state index in [0.717, 1.165) is 5.69 Å². The summed E-state index contributed by atoms with van der Waals surface area (Å²) in [5.74, 6) is -0.00545. The molecule has 1 saturated heterocycles. The summed E-state index contributed by atoms with van der Waals surface area (Å²) in [4.78, 5) is 34.4. The number of methoxy groups -OCH3 is 2. The Kier molecular flexibility index (Phi) is 11.3. The quantitative estimate of drug-likeness (QED) is 0.410. The average molecular weight is 394 g/mol. The second-order valence-corrected chi connectivity index (χ2v) is 4.90. The number of benzene rings is 1. The SMILES string of the molecule is COC(=O)c1ccc(N2CCN(C(=O)O)CC2)cc1OC.O=C([O-])O.[K+]. The molecule has 1 aromatic carbocycles. The van der Waals surface area contributed by atoms with E-state index in [-0.39, 0.29) is 51.4 Å². The molecule has 0 saturated carbocycles. The number of esters is 1. The average Bonchev–Trinajstić information content (AvgIpc) is 2.60. The van der Waals surface area contributed by atoms with E-state index in [1.54, 1.807) is 12.1 Å². The van der Waals surface area contributed by atoms with Crippen LogP contribution in [0, 0.1) is 0 Å². The molecule has 0 aliphatic carbocycles. The first-order valence-electron chi connectivity index (χ1n) is 7.19. The van der Waals surface area contributed by atoms with Crippen LogP contribution in [0.2, 0.25) is 0 Å². The smallest absolute Gasteiger partial charge is 0.565 e. The van der Waals surface area contributed by atoms with Crippen molar-refractivity contribution in [3.8, 4) is 5.75 Å². The third kappa shape index (κ3) is 7.38. The van der Waals surface area contributed by atoms with E-state index in [9.17, 15) is 9.59 Å². The van der Waals surface area contributed by atoms with Crippen LogP contribution in [0.5, 0.6) is 5.75 Å². The number of ether oxygens (including phenoxy) is 2. The van der Waals surface area contributed by atoms with Crippen LogP contribution in [0.15, 0.2) is 18.2 Å². The fraction of sp³-hybridized carbons (Fsp3) is 0.400. The minimum atomic E-state index is -2.08. The predicted molar refractivity (Wildman–Crippen MR) is 84.2 cm³/mol. The molecule has 1 aromatic rings. The van der Waals surface area contributed by atoms with Crippen molar-refractivity contribution in [2.24, 2.45) is 0 Å². The topological polar surface area (TPSA) is 140 Å². The van der Waals surface area contributed by atoms with Gasteiger partial charge in [0.25, 0.3) is 0 Å². The van der Waals surface area contributed by atoms with Gasteiger partial charge in [-0.15, -0.1) is 0 Å². The summed E-state index contributed by atoms with van der Waals surface area (Å²) < 4.78 is 9.93. The van der Waals surface area contributed by atoms with Gasteiger partial charge in [0.1, 0.15) is 11.3 Å². The number of hydrogen-bond acceptors (Lipinski definition) is 7. The third-order valence-corrected chi connectivity index (χ3v) is 3.51. The standard InChI is InChI=1S/C14H18N2O5.CH2O3.K/c1-20-12-9-10(3-4-11(12)13(17)21-2)15-5-7-16(8-6-15)14(18)19;2-1(3)4;/h3-4,9H,5-8H2,1-2H3,(H,18,19);(H2,2,3,4);/q;;+1/p-1. The van der Waals surface area contributed by atoms with Gasteiger partial charge in [-0.3, -0.25) is 0 Å². The first-order valence-corrected chi connectivity index (χ1v) is 7.19. The molecule has 0 unspecified atom stereocenters. The summed E-state index contributed by atoms with van der Waals surface area (Å²) >= 11 is 0. The van der Waals surface area contributed by atoms with Crippen LogP contribution in [0.3, 0.4) is 0 Å². The van der Waals surface area contributed by atoms with E-state index in [1.807, 2.05) is 6.07 Å². The van der Waals surface area contributed by atoms with Crippen LogP contribution in [0.4, 0.5) is 15.3 Å². The largest absolute Gasteiger partial charge is 1.00 e. The fourth-order valence-electron chi connectivity index (χ4n) is 2.31. The Balaban J connectivity index is 0.00000113. The molecule has 0 radical (unpaired) electrons. The molecule has 0 bridgehead atoms. The Morgan fingerprint density at radius 2 is 1.62 bits per heavy atom. The predicted octanol–water partition coefficient (Wildman–Crippen LogP) is -2.83. The van der Waals surface area contributed by atoms with E-state index >= 15 is 0 Å². The molecule has 11 heteroatoms. The number of nitrogens with zero attached hydrogens (tertiary/aromatic N) is 2. The summed E-state index contributed by atoms with van der Waals surface area (Å²) in [5, 5.41) is 24.2. The fourth-order valence-corrected chi connectivity index (χ4v) is 2.31. The minimum Gasteiger partial charge on any atom is -0.565 e. The van der Waals surface area contributed by atoms with E-state index in [1.165, 1.54) is 19.1 Å². The molecular weight excluding hydrogens is 375 g/mol. The first-order chi connectivity index (χ1) is 11.8. The monoisotopic (exact) mass is 394 g/mol. The van der Waals surface area contributed by atoms with Gasteiger partial charge in [0.15, 0.2) is 0 Å². The number of carbonyl (C=O) groups excluding carboxylic acids is 1. The second-order valence-electron chi connectivity index (χ2n) is 4.90. The van der Waals surface area contributed by atoms with Crippen molar-refractivity contribution in [2.75, 3.05) is 45.3 Å². The second kappa shape index (κ2) is 12.0. The van der Waals surface area contributed by atoms with Crippen molar-refractivity contribution >= 4 is 23.9 Å². The molecule has 1 aliphatic rings. The van der Waals surface area contributed by atoms with Gasteiger partial charge < -0.3 is 39.4 Å². The van der Waals surface area contributed by atoms with Gasteiger partial charge in [0.05, 0.1) is 14.2 Å². The van der Waals surface area contributed by atoms with Gasteiger partial charge in [-0.25, -0.2) is 9.59 Å². The molecule has 10 nitrogen and oxygen atoms in total.